The van der Waals surface area contributed by atoms with Gasteiger partial charge in [0.25, 0.3) is 0 Å². The van der Waals surface area contributed by atoms with Gasteiger partial charge in [-0.25, -0.2) is 0 Å². The van der Waals surface area contributed by atoms with Crippen LogP contribution in [-0.2, 0) is 5.41 Å². The van der Waals surface area contributed by atoms with E-state index >= 15 is 0 Å². The highest BCUT2D eigenvalue weighted by Crippen LogP contribution is 2.28. The first-order chi connectivity index (χ1) is 9.38. The molecule has 2 aromatic rings. The van der Waals surface area contributed by atoms with Crippen LogP contribution < -0.4 is 10.5 Å². The highest BCUT2D eigenvalue weighted by molar-refractivity contribution is 5.97. The van der Waals surface area contributed by atoms with E-state index in [1.54, 1.807) is 6.07 Å². The fraction of sp³-hybridized carbons (Fsp3) is 0.235. The Kier molecular flexibility index (Phi) is 5.39. The lowest BCUT2D eigenvalue weighted by atomic mass is 9.87. The molecule has 112 valence electrons. The third-order valence-corrected chi connectivity index (χ3v) is 3.13. The van der Waals surface area contributed by atoms with Crippen LogP contribution in [0.15, 0.2) is 48.5 Å². The van der Waals surface area contributed by atoms with Crippen LogP contribution in [-0.4, -0.2) is 5.84 Å². The molecule has 0 fully saturated rings. The molecule has 3 nitrogen and oxygen atoms in total. The normalized spacial score (nSPS) is 10.6. The average Bonchev–Trinajstić information content (AvgIpc) is 2.38. The topological polar surface area (TPSA) is 59.1 Å². The molecular weight excluding hydrogens is 284 g/mol. The Morgan fingerprint density at radius 2 is 1.57 bits per heavy atom. The van der Waals surface area contributed by atoms with Crippen LogP contribution in [0.3, 0.4) is 0 Å². The number of hydrogen-bond acceptors (Lipinski definition) is 2. The second-order valence-electron chi connectivity index (χ2n) is 5.79. The molecule has 2 rings (SSSR count). The van der Waals surface area contributed by atoms with E-state index in [-0.39, 0.29) is 23.7 Å². The second-order valence-corrected chi connectivity index (χ2v) is 5.79. The minimum atomic E-state index is 0. The fourth-order valence-corrected chi connectivity index (χ4v) is 1.93. The lowest BCUT2D eigenvalue weighted by molar-refractivity contribution is 0.480. The molecule has 4 heteroatoms. The van der Waals surface area contributed by atoms with Crippen molar-refractivity contribution in [3.05, 3.63) is 59.7 Å². The zero-order chi connectivity index (χ0) is 14.8. The van der Waals surface area contributed by atoms with Gasteiger partial charge in [0.2, 0.25) is 0 Å². The predicted octanol–water partition coefficient (Wildman–Crippen LogP) is 4.48. The van der Waals surface area contributed by atoms with Crippen molar-refractivity contribution in [2.45, 2.75) is 26.2 Å². The highest BCUT2D eigenvalue weighted by atomic mass is 35.5. The van der Waals surface area contributed by atoms with E-state index in [2.05, 4.69) is 32.9 Å². The Bertz CT molecular complexity index is 615. The molecular formula is C17H21ClN2O. The van der Waals surface area contributed by atoms with Gasteiger partial charge in [-0.05, 0) is 35.2 Å². The molecule has 0 radical (unpaired) electrons. The summed E-state index contributed by atoms with van der Waals surface area (Å²) < 4.78 is 5.82. The Morgan fingerprint density at radius 3 is 2.10 bits per heavy atom. The van der Waals surface area contributed by atoms with Crippen LogP contribution in [0.5, 0.6) is 11.5 Å². The maximum atomic E-state index is 7.56. The van der Waals surface area contributed by atoms with Gasteiger partial charge in [0, 0.05) is 0 Å². The SMILES string of the molecule is CC(C)(C)c1ccc(Oc2ccccc2C(=N)N)cc1.Cl. The molecule has 21 heavy (non-hydrogen) atoms. The maximum absolute atomic E-state index is 7.56. The Morgan fingerprint density at radius 1 is 1.00 bits per heavy atom. The average molecular weight is 305 g/mol. The molecule has 0 amide bonds. The number of nitrogens with two attached hydrogens (primary N) is 1. The van der Waals surface area contributed by atoms with E-state index in [0.29, 0.717) is 11.3 Å². The van der Waals surface area contributed by atoms with Crippen LogP contribution in [0, 0.1) is 5.41 Å². The fourth-order valence-electron chi connectivity index (χ4n) is 1.93. The number of rotatable bonds is 3. The molecule has 0 saturated carbocycles. The van der Waals surface area contributed by atoms with Crippen molar-refractivity contribution >= 4 is 18.2 Å². The van der Waals surface area contributed by atoms with Crippen LogP contribution in [0.4, 0.5) is 0 Å². The molecule has 0 aromatic heterocycles. The van der Waals surface area contributed by atoms with Crippen LogP contribution in [0.1, 0.15) is 31.9 Å². The predicted molar refractivity (Wildman–Crippen MR) is 89.9 cm³/mol. The number of hydrogen-bond donors (Lipinski definition) is 2. The van der Waals surface area contributed by atoms with Crippen molar-refractivity contribution in [3.8, 4) is 11.5 Å². The number of para-hydroxylation sites is 1. The van der Waals surface area contributed by atoms with Crippen molar-refractivity contribution in [1.29, 1.82) is 5.41 Å². The van der Waals surface area contributed by atoms with E-state index in [1.165, 1.54) is 5.56 Å². The molecule has 0 aliphatic carbocycles. The number of nitrogens with one attached hydrogen (secondary N) is 1. The number of ether oxygens (including phenoxy) is 1. The summed E-state index contributed by atoms with van der Waals surface area (Å²) in [5.74, 6) is 1.35. The van der Waals surface area contributed by atoms with E-state index in [9.17, 15) is 0 Å². The van der Waals surface area contributed by atoms with Crippen LogP contribution in [0.2, 0.25) is 0 Å². The van der Waals surface area contributed by atoms with Crippen LogP contribution >= 0.6 is 12.4 Å². The largest absolute Gasteiger partial charge is 0.457 e. The Labute approximate surface area is 132 Å². The van der Waals surface area contributed by atoms with Crippen molar-refractivity contribution in [2.24, 2.45) is 5.73 Å². The number of amidine groups is 1. The Hall–Kier alpha value is -2.00. The summed E-state index contributed by atoms with van der Waals surface area (Å²) in [5.41, 5.74) is 7.53. The van der Waals surface area contributed by atoms with Crippen molar-refractivity contribution in [1.82, 2.24) is 0 Å². The van der Waals surface area contributed by atoms with Crippen molar-refractivity contribution < 1.29 is 4.74 Å². The van der Waals surface area contributed by atoms with Gasteiger partial charge in [0.05, 0.1) is 5.56 Å². The van der Waals surface area contributed by atoms with E-state index < -0.39 is 0 Å². The second kappa shape index (κ2) is 6.64. The van der Waals surface area contributed by atoms with Crippen molar-refractivity contribution in [2.75, 3.05) is 0 Å². The zero-order valence-corrected chi connectivity index (χ0v) is 13.3. The van der Waals surface area contributed by atoms with Gasteiger partial charge in [-0.1, -0.05) is 45.0 Å². The molecule has 0 bridgehead atoms. The summed E-state index contributed by atoms with van der Waals surface area (Å²) in [5, 5.41) is 7.56. The maximum Gasteiger partial charge on any atom is 0.138 e. The Balaban J connectivity index is 0.00000220. The van der Waals surface area contributed by atoms with E-state index in [0.717, 1.165) is 5.75 Å². The standard InChI is InChI=1S/C17H20N2O.ClH/c1-17(2,3)12-8-10-13(11-9-12)20-15-7-5-4-6-14(15)16(18)19;/h4-11H,1-3H3,(H3,18,19);1H. The summed E-state index contributed by atoms with van der Waals surface area (Å²) in [4.78, 5) is 0. The molecule has 0 spiro atoms. The zero-order valence-electron chi connectivity index (χ0n) is 12.5. The minimum absolute atomic E-state index is 0. The molecule has 0 aliphatic rings. The smallest absolute Gasteiger partial charge is 0.138 e. The molecule has 0 saturated heterocycles. The number of nitrogen functional groups attached to an aromatic ring is 1. The van der Waals surface area contributed by atoms with Gasteiger partial charge in [0.15, 0.2) is 0 Å². The van der Waals surface area contributed by atoms with Gasteiger partial charge in [-0.3, -0.25) is 5.41 Å². The lowest BCUT2D eigenvalue weighted by Gasteiger charge is -2.19. The van der Waals surface area contributed by atoms with E-state index in [4.69, 9.17) is 15.9 Å². The van der Waals surface area contributed by atoms with Crippen LogP contribution in [0.25, 0.3) is 0 Å². The lowest BCUT2D eigenvalue weighted by Crippen LogP contribution is -2.12. The molecule has 0 heterocycles. The van der Waals surface area contributed by atoms with Gasteiger partial charge in [-0.15, -0.1) is 12.4 Å². The molecule has 0 aliphatic heterocycles. The third kappa shape index (κ3) is 4.23. The van der Waals surface area contributed by atoms with Gasteiger partial charge in [-0.2, -0.15) is 0 Å². The minimum Gasteiger partial charge on any atom is -0.457 e. The van der Waals surface area contributed by atoms with Gasteiger partial charge in [0.1, 0.15) is 17.3 Å². The number of benzene rings is 2. The molecule has 3 N–H and O–H groups in total. The summed E-state index contributed by atoms with van der Waals surface area (Å²) >= 11 is 0. The number of halogens is 1. The molecule has 0 atom stereocenters. The first kappa shape index (κ1) is 17.1. The van der Waals surface area contributed by atoms with Gasteiger partial charge < -0.3 is 10.5 Å². The first-order valence-corrected chi connectivity index (χ1v) is 6.60. The third-order valence-electron chi connectivity index (χ3n) is 3.13. The molecule has 2 aromatic carbocycles. The summed E-state index contributed by atoms with van der Waals surface area (Å²) in [7, 11) is 0. The summed E-state index contributed by atoms with van der Waals surface area (Å²) in [6.07, 6.45) is 0. The quantitative estimate of drug-likeness (QED) is 0.648. The summed E-state index contributed by atoms with van der Waals surface area (Å²) in [6.45, 7) is 6.52. The monoisotopic (exact) mass is 304 g/mol. The van der Waals surface area contributed by atoms with E-state index in [1.807, 2.05) is 30.3 Å². The molecule has 0 unspecified atom stereocenters. The van der Waals surface area contributed by atoms with Crippen molar-refractivity contribution in [3.63, 3.8) is 0 Å². The first-order valence-electron chi connectivity index (χ1n) is 6.60. The highest BCUT2D eigenvalue weighted by Gasteiger charge is 2.13. The summed E-state index contributed by atoms with van der Waals surface area (Å²) in [6, 6.07) is 15.3. The van der Waals surface area contributed by atoms with Gasteiger partial charge >= 0.3 is 0 Å².